The van der Waals surface area contributed by atoms with Crippen molar-refractivity contribution in [2.75, 3.05) is 14.2 Å². The highest BCUT2D eigenvalue weighted by Crippen LogP contribution is 2.18. The normalized spacial score (nSPS) is 13.8. The molecular formula is C13H22O2Si. The maximum atomic E-state index is 5.52. The molecule has 90 valence electrons. The summed E-state index contributed by atoms with van der Waals surface area (Å²) in [6.07, 6.45) is 1.17. The third-order valence-corrected chi connectivity index (χ3v) is 6.34. The summed E-state index contributed by atoms with van der Waals surface area (Å²) in [5.41, 5.74) is 1.38. The lowest BCUT2D eigenvalue weighted by atomic mass is 9.99. The topological polar surface area (TPSA) is 18.5 Å². The molecule has 16 heavy (non-hydrogen) atoms. The van der Waals surface area contributed by atoms with Crippen LogP contribution in [0.4, 0.5) is 0 Å². The summed E-state index contributed by atoms with van der Waals surface area (Å²) in [6, 6.07) is 8.65. The smallest absolute Gasteiger partial charge is 0.368 e. The van der Waals surface area contributed by atoms with Crippen molar-refractivity contribution < 1.29 is 8.85 Å². The van der Waals surface area contributed by atoms with E-state index in [-0.39, 0.29) is 0 Å². The quantitative estimate of drug-likeness (QED) is 0.734. The van der Waals surface area contributed by atoms with E-state index in [1.165, 1.54) is 17.2 Å². The molecule has 2 nitrogen and oxygen atoms in total. The van der Waals surface area contributed by atoms with Crippen LogP contribution in [0.5, 0.6) is 0 Å². The van der Waals surface area contributed by atoms with Crippen molar-refractivity contribution in [2.45, 2.75) is 32.7 Å². The van der Waals surface area contributed by atoms with Crippen LogP contribution >= 0.6 is 0 Å². The zero-order chi connectivity index (χ0) is 12.2. The molecule has 0 spiro atoms. The Bertz CT molecular complexity index is 317. The van der Waals surface area contributed by atoms with Crippen molar-refractivity contribution in [3.8, 4) is 0 Å². The fourth-order valence-electron chi connectivity index (χ4n) is 1.67. The summed E-state index contributed by atoms with van der Waals surface area (Å²) in [6.45, 7) is 6.52. The van der Waals surface area contributed by atoms with E-state index in [9.17, 15) is 0 Å². The van der Waals surface area contributed by atoms with Gasteiger partial charge >= 0.3 is 8.56 Å². The van der Waals surface area contributed by atoms with Gasteiger partial charge in [0, 0.05) is 14.2 Å². The zero-order valence-electron chi connectivity index (χ0n) is 10.9. The van der Waals surface area contributed by atoms with Crippen LogP contribution in [0.3, 0.4) is 0 Å². The Kier molecular flexibility index (Phi) is 4.71. The van der Waals surface area contributed by atoms with E-state index in [4.69, 9.17) is 8.85 Å². The van der Waals surface area contributed by atoms with Gasteiger partial charge in [-0.15, -0.1) is 0 Å². The maximum absolute atomic E-state index is 5.52. The van der Waals surface area contributed by atoms with Gasteiger partial charge in [0.05, 0.1) is 0 Å². The molecule has 1 rings (SSSR count). The zero-order valence-corrected chi connectivity index (χ0v) is 11.9. The van der Waals surface area contributed by atoms with Gasteiger partial charge in [-0.2, -0.15) is 0 Å². The Hall–Kier alpha value is -0.643. The van der Waals surface area contributed by atoms with Crippen LogP contribution in [-0.4, -0.2) is 22.8 Å². The number of hydrogen-bond acceptors (Lipinski definition) is 2. The number of hydrogen-bond donors (Lipinski definition) is 0. The van der Waals surface area contributed by atoms with Gasteiger partial charge in [0.2, 0.25) is 0 Å². The summed E-state index contributed by atoms with van der Waals surface area (Å²) in [4.78, 5) is 0. The molecule has 0 bridgehead atoms. The lowest BCUT2D eigenvalue weighted by Gasteiger charge is -2.23. The Morgan fingerprint density at radius 3 is 2.00 bits per heavy atom. The molecular weight excluding hydrogens is 216 g/mol. The molecule has 1 aromatic rings. The predicted molar refractivity (Wildman–Crippen MR) is 70.4 cm³/mol. The first kappa shape index (κ1) is 13.4. The molecule has 0 saturated carbocycles. The second-order valence-electron chi connectivity index (χ2n) is 4.29. The van der Waals surface area contributed by atoms with E-state index in [0.29, 0.717) is 5.92 Å². The van der Waals surface area contributed by atoms with E-state index in [1.807, 2.05) is 0 Å². The van der Waals surface area contributed by atoms with Gasteiger partial charge in [0.1, 0.15) is 0 Å². The molecule has 0 N–H and O–H groups in total. The van der Waals surface area contributed by atoms with E-state index in [1.54, 1.807) is 14.2 Å². The van der Waals surface area contributed by atoms with Gasteiger partial charge < -0.3 is 8.85 Å². The Labute approximate surface area is 99.8 Å². The molecule has 1 atom stereocenters. The predicted octanol–water partition coefficient (Wildman–Crippen LogP) is 2.77. The van der Waals surface area contributed by atoms with Crippen molar-refractivity contribution in [3.63, 3.8) is 0 Å². The highest BCUT2D eigenvalue weighted by Gasteiger charge is 2.31. The van der Waals surface area contributed by atoms with Gasteiger partial charge in [0.15, 0.2) is 0 Å². The Morgan fingerprint density at radius 2 is 1.62 bits per heavy atom. The van der Waals surface area contributed by atoms with Crippen LogP contribution in [0, 0.1) is 0 Å². The summed E-state index contributed by atoms with van der Waals surface area (Å²) in [5, 5.41) is 1.18. The second-order valence-corrected chi connectivity index (χ2v) is 7.57. The van der Waals surface area contributed by atoms with Gasteiger partial charge in [-0.25, -0.2) is 0 Å². The molecule has 0 aliphatic rings. The first-order valence-electron chi connectivity index (χ1n) is 5.78. The lowest BCUT2D eigenvalue weighted by Crippen LogP contribution is -2.49. The molecule has 0 heterocycles. The standard InChI is InChI=1S/C13H22O2Si/c1-6-11(2)12-7-9-13(10-8-12)16(5,14-3)15-4/h7-11H,6H2,1-5H3. The van der Waals surface area contributed by atoms with Gasteiger partial charge in [-0.1, -0.05) is 38.1 Å². The SMILES string of the molecule is CCC(C)c1ccc([Si](C)(OC)OC)cc1. The molecule has 3 heteroatoms. The molecule has 0 aliphatic heterocycles. The van der Waals surface area contributed by atoms with Crippen LogP contribution in [-0.2, 0) is 8.85 Å². The molecule has 0 aromatic heterocycles. The number of rotatable bonds is 5. The molecule has 1 aromatic carbocycles. The summed E-state index contributed by atoms with van der Waals surface area (Å²) < 4.78 is 11.0. The molecule has 0 amide bonds. The van der Waals surface area contributed by atoms with Crippen molar-refractivity contribution in [1.29, 1.82) is 0 Å². The average molecular weight is 238 g/mol. The van der Waals surface area contributed by atoms with Crippen molar-refractivity contribution in [2.24, 2.45) is 0 Å². The maximum Gasteiger partial charge on any atom is 0.368 e. The van der Waals surface area contributed by atoms with Crippen LogP contribution in [0.1, 0.15) is 31.7 Å². The minimum absolute atomic E-state index is 0.618. The largest absolute Gasteiger partial charge is 0.394 e. The second kappa shape index (κ2) is 5.62. The van der Waals surface area contributed by atoms with Crippen LogP contribution < -0.4 is 5.19 Å². The van der Waals surface area contributed by atoms with Crippen molar-refractivity contribution in [3.05, 3.63) is 29.8 Å². The fourth-order valence-corrected chi connectivity index (χ4v) is 3.08. The average Bonchev–Trinajstić information content (AvgIpc) is 2.37. The molecule has 0 saturated heterocycles. The van der Waals surface area contributed by atoms with Crippen LogP contribution in [0.2, 0.25) is 6.55 Å². The highest BCUT2D eigenvalue weighted by atomic mass is 28.4. The van der Waals surface area contributed by atoms with Crippen molar-refractivity contribution >= 4 is 13.7 Å². The molecule has 0 radical (unpaired) electrons. The lowest BCUT2D eigenvalue weighted by molar-refractivity contribution is 0.265. The van der Waals surface area contributed by atoms with E-state index in [2.05, 4.69) is 44.7 Å². The number of benzene rings is 1. The first-order chi connectivity index (χ1) is 7.57. The van der Waals surface area contributed by atoms with Crippen LogP contribution in [0.15, 0.2) is 24.3 Å². The Balaban J connectivity index is 2.94. The van der Waals surface area contributed by atoms with Gasteiger partial charge in [-0.05, 0) is 29.6 Å². The van der Waals surface area contributed by atoms with Gasteiger partial charge in [0.25, 0.3) is 0 Å². The summed E-state index contributed by atoms with van der Waals surface area (Å²) in [5.74, 6) is 0.618. The van der Waals surface area contributed by atoms with Crippen molar-refractivity contribution in [1.82, 2.24) is 0 Å². The molecule has 1 unspecified atom stereocenters. The third-order valence-electron chi connectivity index (χ3n) is 3.40. The van der Waals surface area contributed by atoms with E-state index in [0.717, 1.165) is 0 Å². The monoisotopic (exact) mass is 238 g/mol. The molecule has 0 aliphatic carbocycles. The van der Waals surface area contributed by atoms with Gasteiger partial charge in [-0.3, -0.25) is 0 Å². The Morgan fingerprint density at radius 1 is 1.12 bits per heavy atom. The first-order valence-corrected chi connectivity index (χ1v) is 8.09. The van der Waals surface area contributed by atoms with E-state index < -0.39 is 8.56 Å². The molecule has 0 fully saturated rings. The van der Waals surface area contributed by atoms with E-state index >= 15 is 0 Å². The summed E-state index contributed by atoms with van der Waals surface area (Å²) in [7, 11) is 1.30. The minimum atomic E-state index is -2.14. The third kappa shape index (κ3) is 2.73. The fraction of sp³-hybridized carbons (Fsp3) is 0.538. The summed E-state index contributed by atoms with van der Waals surface area (Å²) >= 11 is 0. The minimum Gasteiger partial charge on any atom is -0.394 e. The highest BCUT2D eigenvalue weighted by molar-refractivity contribution is 6.79. The van der Waals surface area contributed by atoms with Crippen LogP contribution in [0.25, 0.3) is 0 Å².